The predicted molar refractivity (Wildman–Crippen MR) is 67.2 cm³/mol. The van der Waals surface area contributed by atoms with Gasteiger partial charge in [0.1, 0.15) is 0 Å². The van der Waals surface area contributed by atoms with Crippen LogP contribution in [0.3, 0.4) is 0 Å². The van der Waals surface area contributed by atoms with E-state index in [4.69, 9.17) is 5.11 Å². The molecule has 1 atom stereocenters. The van der Waals surface area contributed by atoms with Crippen LogP contribution in [-0.4, -0.2) is 35.8 Å². The number of carboxylic acid groups (broad SMARTS) is 1. The third-order valence-corrected chi connectivity index (χ3v) is 5.09. The molecule has 0 aromatic heterocycles. The van der Waals surface area contributed by atoms with E-state index in [1.165, 1.54) is 44.9 Å². The molecule has 0 aliphatic carbocycles. The van der Waals surface area contributed by atoms with Crippen LogP contribution in [-0.2, 0) is 4.79 Å². The maximum atomic E-state index is 10.6. The van der Waals surface area contributed by atoms with E-state index in [2.05, 4.69) is 6.92 Å². The molecule has 0 amide bonds. The van der Waals surface area contributed by atoms with Gasteiger partial charge in [-0.1, -0.05) is 0 Å². The number of carboxylic acids is 1. The van der Waals surface area contributed by atoms with Crippen LogP contribution in [0.15, 0.2) is 0 Å². The molecule has 0 aromatic carbocycles. The SMILES string of the molecule is CCCCCCCCCC[CH]([BiH2])C(=O)O. The predicted octanol–water partition coefficient (Wildman–Crippen LogP) is 3.02. The monoisotopic (exact) mass is 410 g/mol. The van der Waals surface area contributed by atoms with Crippen molar-refractivity contribution in [3.05, 3.63) is 0 Å². The molecule has 15 heavy (non-hydrogen) atoms. The molecule has 0 fully saturated rings. The summed E-state index contributed by atoms with van der Waals surface area (Å²) >= 11 is 0.594. The van der Waals surface area contributed by atoms with Crippen molar-refractivity contribution in [2.45, 2.75) is 68.3 Å². The second-order valence-electron chi connectivity index (χ2n) is 4.21. The third kappa shape index (κ3) is 10.6. The van der Waals surface area contributed by atoms with Crippen molar-refractivity contribution < 1.29 is 9.90 Å². The summed E-state index contributed by atoms with van der Waals surface area (Å²) in [7, 11) is 0. The quantitative estimate of drug-likeness (QED) is 0.444. The van der Waals surface area contributed by atoms with Gasteiger partial charge in [-0.2, -0.15) is 0 Å². The van der Waals surface area contributed by atoms with E-state index >= 15 is 0 Å². The molecule has 0 bridgehead atoms. The minimum absolute atomic E-state index is 0.00471. The van der Waals surface area contributed by atoms with Crippen molar-refractivity contribution in [2.24, 2.45) is 0 Å². The number of rotatable bonds is 10. The average Bonchev–Trinajstić information content (AvgIpc) is 2.21. The molecule has 0 saturated heterocycles. The number of hydrogen-bond acceptors (Lipinski definition) is 1. The van der Waals surface area contributed by atoms with Gasteiger partial charge in [-0.05, 0) is 0 Å². The molecule has 0 radical (unpaired) electrons. The van der Waals surface area contributed by atoms with Gasteiger partial charge in [0, 0.05) is 0 Å². The van der Waals surface area contributed by atoms with Gasteiger partial charge in [0.15, 0.2) is 0 Å². The molecule has 90 valence electrons. The summed E-state index contributed by atoms with van der Waals surface area (Å²) in [5, 5.41) is 8.72. The first-order valence-electron chi connectivity index (χ1n) is 6.17. The van der Waals surface area contributed by atoms with E-state index in [1.54, 1.807) is 0 Å². The fourth-order valence-corrected chi connectivity index (χ4v) is 2.54. The van der Waals surface area contributed by atoms with Gasteiger partial charge in [0.2, 0.25) is 0 Å². The summed E-state index contributed by atoms with van der Waals surface area (Å²) in [4.78, 5) is 10.6. The molecule has 0 aliphatic heterocycles. The van der Waals surface area contributed by atoms with Gasteiger partial charge in [-0.25, -0.2) is 0 Å². The topological polar surface area (TPSA) is 37.3 Å². The zero-order valence-corrected chi connectivity index (χ0v) is 14.4. The van der Waals surface area contributed by atoms with Crippen molar-refractivity contribution >= 4 is 30.7 Å². The Hall–Kier alpha value is 0.353. The first kappa shape index (κ1) is 15.4. The molecule has 1 unspecified atom stereocenters. The summed E-state index contributed by atoms with van der Waals surface area (Å²) in [5.74, 6) is -0.581. The summed E-state index contributed by atoms with van der Waals surface area (Å²) in [6.07, 6.45) is 11.3. The summed E-state index contributed by atoms with van der Waals surface area (Å²) in [6.45, 7) is 2.23. The Balaban J connectivity index is 3.08. The fraction of sp³-hybridized carbons (Fsp3) is 0.917. The molecule has 0 rings (SSSR count). The molecule has 2 nitrogen and oxygen atoms in total. The Kier molecular flexibility index (Phi) is 11.1. The second kappa shape index (κ2) is 10.9. The molecule has 0 aromatic rings. The van der Waals surface area contributed by atoms with Crippen LogP contribution in [0.4, 0.5) is 0 Å². The first-order valence-corrected chi connectivity index (χ1v) is 8.76. The molecular weight excluding hydrogens is 385 g/mol. The molecule has 0 heterocycles. The minimum atomic E-state index is -0.581. The second-order valence-corrected chi connectivity index (χ2v) is 7.34. The normalized spacial score (nSPS) is 12.7. The van der Waals surface area contributed by atoms with Crippen molar-refractivity contribution in [1.82, 2.24) is 0 Å². The average molecular weight is 410 g/mol. The fourth-order valence-electron chi connectivity index (χ4n) is 1.62. The van der Waals surface area contributed by atoms with Gasteiger partial charge >= 0.3 is 109 Å². The zero-order valence-electron chi connectivity index (χ0n) is 9.87. The van der Waals surface area contributed by atoms with Crippen molar-refractivity contribution in [1.29, 1.82) is 0 Å². The van der Waals surface area contributed by atoms with Crippen LogP contribution in [0.5, 0.6) is 0 Å². The summed E-state index contributed by atoms with van der Waals surface area (Å²) in [5.41, 5.74) is 0. The standard InChI is InChI=1S/C12H23O2.Bi.2H/c1-2-3-4-5-6-7-8-9-10-11-12(13)14;;;/h11H,2-10H2,1H3,(H,13,14);;;. The molecule has 3 heteroatoms. The Bertz CT molecular complexity index is 160. The van der Waals surface area contributed by atoms with Crippen LogP contribution in [0.25, 0.3) is 0 Å². The van der Waals surface area contributed by atoms with E-state index in [0.717, 1.165) is 12.8 Å². The number of carbonyl (C=O) groups is 1. The Morgan fingerprint density at radius 3 is 2.00 bits per heavy atom. The van der Waals surface area contributed by atoms with Crippen LogP contribution < -0.4 is 0 Å². The molecule has 0 spiro atoms. The molecule has 1 N–H and O–H groups in total. The van der Waals surface area contributed by atoms with Crippen LogP contribution in [0, 0.1) is 0 Å². The Labute approximate surface area is 109 Å². The van der Waals surface area contributed by atoms with Crippen molar-refractivity contribution in [2.75, 3.05) is 0 Å². The van der Waals surface area contributed by atoms with Gasteiger partial charge in [0.05, 0.1) is 0 Å². The Morgan fingerprint density at radius 1 is 1.07 bits per heavy atom. The zero-order chi connectivity index (χ0) is 11.5. The number of hydrogen-bond donors (Lipinski definition) is 1. The van der Waals surface area contributed by atoms with E-state index in [0.29, 0.717) is 24.7 Å². The Morgan fingerprint density at radius 2 is 1.53 bits per heavy atom. The summed E-state index contributed by atoms with van der Waals surface area (Å²) < 4.78 is 0.00471. The molecule has 0 saturated carbocycles. The maximum absolute atomic E-state index is 10.6. The van der Waals surface area contributed by atoms with Gasteiger partial charge in [0.25, 0.3) is 0 Å². The van der Waals surface area contributed by atoms with Crippen LogP contribution in [0.2, 0.25) is 3.63 Å². The van der Waals surface area contributed by atoms with Gasteiger partial charge < -0.3 is 0 Å². The molecule has 0 aliphatic rings. The molecular formula is C12H25BiO2. The van der Waals surface area contributed by atoms with E-state index in [-0.39, 0.29) is 3.63 Å². The number of unbranched alkanes of at least 4 members (excludes halogenated alkanes) is 7. The number of aliphatic carboxylic acids is 1. The summed E-state index contributed by atoms with van der Waals surface area (Å²) in [6, 6.07) is 0. The van der Waals surface area contributed by atoms with Gasteiger partial charge in [-0.3, -0.25) is 0 Å². The van der Waals surface area contributed by atoms with Gasteiger partial charge in [-0.15, -0.1) is 0 Å². The van der Waals surface area contributed by atoms with E-state index in [9.17, 15) is 4.79 Å². The third-order valence-electron chi connectivity index (χ3n) is 2.69. The first-order chi connectivity index (χ1) is 7.18. The van der Waals surface area contributed by atoms with E-state index < -0.39 is 5.97 Å². The van der Waals surface area contributed by atoms with Crippen LogP contribution in [0.1, 0.15) is 64.7 Å². The van der Waals surface area contributed by atoms with Crippen LogP contribution >= 0.6 is 0 Å². The van der Waals surface area contributed by atoms with Crippen molar-refractivity contribution in [3.8, 4) is 0 Å². The van der Waals surface area contributed by atoms with Crippen molar-refractivity contribution in [3.63, 3.8) is 0 Å². The van der Waals surface area contributed by atoms with E-state index in [1.807, 2.05) is 0 Å².